The summed E-state index contributed by atoms with van der Waals surface area (Å²) in [7, 11) is 1.67. The number of aromatic nitrogens is 3. The number of halogens is 1. The summed E-state index contributed by atoms with van der Waals surface area (Å²) in [5.41, 5.74) is 1.79. The van der Waals surface area contributed by atoms with Crippen LogP contribution in [-0.4, -0.2) is 25.0 Å². The van der Waals surface area contributed by atoms with Gasteiger partial charge in [0, 0.05) is 18.3 Å². The SMILES string of the molecule is Cn1c(C(=O)O)cn2c3ccc(Cl)cc3nc12. The van der Waals surface area contributed by atoms with E-state index in [1.165, 1.54) is 4.57 Å². The summed E-state index contributed by atoms with van der Waals surface area (Å²) >= 11 is 5.88. The number of aryl methyl sites for hydroxylation is 1. The van der Waals surface area contributed by atoms with Crippen LogP contribution in [0.5, 0.6) is 0 Å². The predicted octanol–water partition coefficient (Wildman–Crippen LogP) is 2.18. The number of fused-ring (bicyclic) bond motifs is 3. The Morgan fingerprint density at radius 2 is 2.24 bits per heavy atom. The third-order valence-electron chi connectivity index (χ3n) is 2.76. The lowest BCUT2D eigenvalue weighted by Gasteiger charge is -1.94. The van der Waals surface area contributed by atoms with Crippen LogP contribution in [0.1, 0.15) is 10.5 Å². The van der Waals surface area contributed by atoms with E-state index < -0.39 is 5.97 Å². The lowest BCUT2D eigenvalue weighted by atomic mass is 10.3. The minimum Gasteiger partial charge on any atom is -0.477 e. The van der Waals surface area contributed by atoms with Gasteiger partial charge < -0.3 is 9.67 Å². The largest absolute Gasteiger partial charge is 0.477 e. The van der Waals surface area contributed by atoms with Crippen LogP contribution in [0.3, 0.4) is 0 Å². The first-order valence-electron chi connectivity index (χ1n) is 4.94. The third-order valence-corrected chi connectivity index (χ3v) is 3.00. The molecule has 0 radical (unpaired) electrons. The summed E-state index contributed by atoms with van der Waals surface area (Å²) in [4.78, 5) is 15.4. The molecular formula is C11H8ClN3O2. The molecule has 0 unspecified atom stereocenters. The van der Waals surface area contributed by atoms with Crippen LogP contribution in [0.4, 0.5) is 0 Å². The van der Waals surface area contributed by atoms with Gasteiger partial charge in [-0.05, 0) is 18.2 Å². The number of carboxylic acids is 1. The molecule has 5 nitrogen and oxygen atoms in total. The lowest BCUT2D eigenvalue weighted by molar-refractivity contribution is 0.0687. The summed E-state index contributed by atoms with van der Waals surface area (Å²) < 4.78 is 3.28. The van der Waals surface area contributed by atoms with Crippen LogP contribution in [0.2, 0.25) is 5.02 Å². The van der Waals surface area contributed by atoms with E-state index in [1.54, 1.807) is 29.8 Å². The van der Waals surface area contributed by atoms with Gasteiger partial charge in [0.25, 0.3) is 0 Å². The standard InChI is InChI=1S/C11H8ClN3O2/c1-14-9(10(16)17)5-15-8-3-2-6(12)4-7(8)13-11(14)15/h2-5H,1H3,(H,16,17). The van der Waals surface area contributed by atoms with Crippen molar-refractivity contribution in [3.05, 3.63) is 35.1 Å². The van der Waals surface area contributed by atoms with E-state index in [0.29, 0.717) is 10.8 Å². The summed E-state index contributed by atoms with van der Waals surface area (Å²) in [6, 6.07) is 5.33. The highest BCUT2D eigenvalue weighted by atomic mass is 35.5. The van der Waals surface area contributed by atoms with Gasteiger partial charge in [0.05, 0.1) is 11.0 Å². The van der Waals surface area contributed by atoms with Crippen LogP contribution in [0.25, 0.3) is 16.8 Å². The second-order valence-electron chi connectivity index (χ2n) is 3.79. The van der Waals surface area contributed by atoms with Crippen LogP contribution in [0, 0.1) is 0 Å². The Balaban J connectivity index is 2.45. The zero-order chi connectivity index (χ0) is 12.2. The molecular weight excluding hydrogens is 242 g/mol. The van der Waals surface area contributed by atoms with Crippen LogP contribution >= 0.6 is 11.6 Å². The minimum atomic E-state index is -0.972. The summed E-state index contributed by atoms with van der Waals surface area (Å²) in [5.74, 6) is -0.389. The van der Waals surface area contributed by atoms with E-state index in [-0.39, 0.29) is 5.69 Å². The quantitative estimate of drug-likeness (QED) is 0.719. The molecule has 6 heteroatoms. The van der Waals surface area contributed by atoms with Crippen molar-refractivity contribution in [3.63, 3.8) is 0 Å². The Morgan fingerprint density at radius 3 is 2.94 bits per heavy atom. The highest BCUT2D eigenvalue weighted by Gasteiger charge is 2.15. The number of rotatable bonds is 1. The Morgan fingerprint density at radius 1 is 1.47 bits per heavy atom. The molecule has 1 N–H and O–H groups in total. The first kappa shape index (κ1) is 10.2. The van der Waals surface area contributed by atoms with Gasteiger partial charge in [-0.15, -0.1) is 0 Å². The zero-order valence-electron chi connectivity index (χ0n) is 8.88. The van der Waals surface area contributed by atoms with E-state index >= 15 is 0 Å². The summed E-state index contributed by atoms with van der Waals surface area (Å²) in [6.07, 6.45) is 1.56. The molecule has 86 valence electrons. The molecule has 0 fully saturated rings. The van der Waals surface area contributed by atoms with Crippen LogP contribution in [0.15, 0.2) is 24.4 Å². The number of aromatic carboxylic acids is 1. The van der Waals surface area contributed by atoms with Crippen LogP contribution in [-0.2, 0) is 7.05 Å². The molecule has 0 aliphatic carbocycles. The predicted molar refractivity (Wildman–Crippen MR) is 63.6 cm³/mol. The summed E-state index contributed by atoms with van der Waals surface area (Å²) in [6.45, 7) is 0. The lowest BCUT2D eigenvalue weighted by Crippen LogP contribution is -2.03. The maximum atomic E-state index is 11.0. The monoisotopic (exact) mass is 249 g/mol. The number of carboxylic acid groups (broad SMARTS) is 1. The number of imidazole rings is 2. The van der Waals surface area contributed by atoms with Gasteiger partial charge >= 0.3 is 5.97 Å². The molecule has 0 aliphatic heterocycles. The van der Waals surface area contributed by atoms with Gasteiger partial charge in [-0.2, -0.15) is 0 Å². The van der Waals surface area contributed by atoms with Crippen molar-refractivity contribution < 1.29 is 9.90 Å². The number of benzene rings is 1. The molecule has 2 heterocycles. The Labute approximate surface area is 101 Å². The Kier molecular flexibility index (Phi) is 1.94. The van der Waals surface area contributed by atoms with Crippen molar-refractivity contribution in [3.8, 4) is 0 Å². The Bertz CT molecular complexity index is 757. The zero-order valence-corrected chi connectivity index (χ0v) is 9.64. The molecule has 2 aromatic heterocycles. The number of hydrogen-bond acceptors (Lipinski definition) is 2. The normalized spacial score (nSPS) is 11.4. The molecule has 0 bridgehead atoms. The third kappa shape index (κ3) is 1.32. The topological polar surface area (TPSA) is 59.5 Å². The second-order valence-corrected chi connectivity index (χ2v) is 4.23. The van der Waals surface area contributed by atoms with E-state index in [2.05, 4.69) is 4.98 Å². The van der Waals surface area contributed by atoms with Gasteiger partial charge in [-0.25, -0.2) is 9.78 Å². The highest BCUT2D eigenvalue weighted by molar-refractivity contribution is 6.31. The minimum absolute atomic E-state index is 0.198. The van der Waals surface area contributed by atoms with Gasteiger partial charge in [0.1, 0.15) is 5.69 Å². The fourth-order valence-electron chi connectivity index (χ4n) is 1.94. The molecule has 0 saturated heterocycles. The van der Waals surface area contributed by atoms with E-state index in [1.807, 2.05) is 6.07 Å². The molecule has 17 heavy (non-hydrogen) atoms. The maximum Gasteiger partial charge on any atom is 0.354 e. The maximum absolute atomic E-state index is 11.0. The smallest absolute Gasteiger partial charge is 0.354 e. The van der Waals surface area contributed by atoms with Gasteiger partial charge in [-0.1, -0.05) is 11.6 Å². The van der Waals surface area contributed by atoms with Crippen molar-refractivity contribution in [2.24, 2.45) is 7.05 Å². The van der Waals surface area contributed by atoms with Crippen molar-refractivity contribution in [1.82, 2.24) is 14.0 Å². The van der Waals surface area contributed by atoms with Crippen molar-refractivity contribution >= 4 is 34.4 Å². The number of hydrogen-bond donors (Lipinski definition) is 1. The Hall–Kier alpha value is -2.01. The highest BCUT2D eigenvalue weighted by Crippen LogP contribution is 2.22. The summed E-state index contributed by atoms with van der Waals surface area (Å²) in [5, 5.41) is 9.63. The van der Waals surface area contributed by atoms with Gasteiger partial charge in [0.15, 0.2) is 0 Å². The van der Waals surface area contributed by atoms with Gasteiger partial charge in [0.2, 0.25) is 5.78 Å². The van der Waals surface area contributed by atoms with Crippen molar-refractivity contribution in [2.75, 3.05) is 0 Å². The van der Waals surface area contributed by atoms with E-state index in [4.69, 9.17) is 16.7 Å². The molecule has 0 amide bonds. The van der Waals surface area contributed by atoms with Crippen LogP contribution < -0.4 is 0 Å². The molecule has 0 spiro atoms. The number of carbonyl (C=O) groups is 1. The second kappa shape index (κ2) is 3.24. The first-order chi connectivity index (χ1) is 8.08. The molecule has 0 atom stereocenters. The molecule has 1 aromatic carbocycles. The fraction of sp³-hybridized carbons (Fsp3) is 0.0909. The first-order valence-corrected chi connectivity index (χ1v) is 5.32. The number of nitrogens with zero attached hydrogens (tertiary/aromatic N) is 3. The molecule has 3 aromatic rings. The average Bonchev–Trinajstić information content (AvgIpc) is 2.76. The van der Waals surface area contributed by atoms with E-state index in [9.17, 15) is 4.79 Å². The molecule has 3 rings (SSSR count). The van der Waals surface area contributed by atoms with Gasteiger partial charge in [-0.3, -0.25) is 4.40 Å². The van der Waals surface area contributed by atoms with Crippen molar-refractivity contribution in [1.29, 1.82) is 0 Å². The molecule has 0 saturated carbocycles. The van der Waals surface area contributed by atoms with E-state index in [0.717, 1.165) is 11.0 Å². The molecule has 0 aliphatic rings. The van der Waals surface area contributed by atoms with Crippen molar-refractivity contribution in [2.45, 2.75) is 0 Å². The average molecular weight is 250 g/mol. The fourth-order valence-corrected chi connectivity index (χ4v) is 2.10.